The van der Waals surface area contributed by atoms with Crippen LogP contribution in [0.15, 0.2) is 28.7 Å². The van der Waals surface area contributed by atoms with E-state index in [0.29, 0.717) is 6.61 Å². The van der Waals surface area contributed by atoms with E-state index in [9.17, 15) is 4.79 Å². The van der Waals surface area contributed by atoms with Gasteiger partial charge >= 0.3 is 5.97 Å². The van der Waals surface area contributed by atoms with Crippen molar-refractivity contribution >= 4 is 27.5 Å². The first-order valence-electron chi connectivity index (χ1n) is 8.04. The average molecular weight is 362 g/mol. The van der Waals surface area contributed by atoms with Crippen LogP contribution in [0.25, 0.3) is 5.57 Å². The van der Waals surface area contributed by atoms with Crippen molar-refractivity contribution in [2.24, 2.45) is 5.41 Å². The van der Waals surface area contributed by atoms with E-state index >= 15 is 0 Å². The molecule has 5 rings (SSSR count). The summed E-state index contributed by atoms with van der Waals surface area (Å²) in [4.78, 5) is 15.0. The SMILES string of the molecule is O=C(OCC12CCN(CC1)CC2)C1=CCc2ccc(Br)cc21. The lowest BCUT2D eigenvalue weighted by Gasteiger charge is -2.47. The number of ether oxygens (including phenoxy) is 1. The van der Waals surface area contributed by atoms with Crippen LogP contribution < -0.4 is 0 Å². The molecule has 22 heavy (non-hydrogen) atoms. The third kappa shape index (κ3) is 2.52. The maximum Gasteiger partial charge on any atom is 0.338 e. The van der Waals surface area contributed by atoms with E-state index in [1.165, 1.54) is 24.8 Å². The van der Waals surface area contributed by atoms with Crippen molar-refractivity contribution < 1.29 is 9.53 Å². The Kier molecular flexibility index (Phi) is 3.61. The number of nitrogens with zero attached hydrogens (tertiary/aromatic N) is 1. The molecule has 116 valence electrons. The van der Waals surface area contributed by atoms with Crippen LogP contribution in [0.5, 0.6) is 0 Å². The third-order valence-electron chi connectivity index (χ3n) is 5.49. The van der Waals surface area contributed by atoms with Crippen molar-refractivity contribution in [1.82, 2.24) is 4.90 Å². The van der Waals surface area contributed by atoms with Gasteiger partial charge in [0.15, 0.2) is 0 Å². The predicted molar refractivity (Wildman–Crippen MR) is 89.5 cm³/mol. The lowest BCUT2D eigenvalue weighted by atomic mass is 9.73. The number of esters is 1. The number of rotatable bonds is 3. The van der Waals surface area contributed by atoms with Crippen LogP contribution in [0.3, 0.4) is 0 Å². The number of piperidine rings is 3. The lowest BCUT2D eigenvalue weighted by Crippen LogP contribution is -2.50. The molecule has 4 heteroatoms. The molecule has 0 amide bonds. The molecule has 1 aromatic carbocycles. The van der Waals surface area contributed by atoms with E-state index in [1.807, 2.05) is 18.2 Å². The fourth-order valence-corrected chi connectivity index (χ4v) is 4.26. The molecule has 0 atom stereocenters. The minimum atomic E-state index is -0.153. The molecule has 3 saturated heterocycles. The Morgan fingerprint density at radius 1 is 1.23 bits per heavy atom. The molecule has 4 aliphatic rings. The molecule has 3 aliphatic heterocycles. The largest absolute Gasteiger partial charge is 0.461 e. The van der Waals surface area contributed by atoms with Crippen molar-refractivity contribution in [2.75, 3.05) is 26.2 Å². The summed E-state index contributed by atoms with van der Waals surface area (Å²) in [5, 5.41) is 0. The summed E-state index contributed by atoms with van der Waals surface area (Å²) in [6.45, 7) is 4.07. The molecule has 3 fully saturated rings. The van der Waals surface area contributed by atoms with E-state index < -0.39 is 0 Å². The standard InChI is InChI=1S/C18H20BrNO2/c19-14-3-1-13-2-4-15(16(13)11-14)17(21)22-12-18-5-8-20(9-6-18)10-7-18/h1,3-4,11H,2,5-10,12H2. The van der Waals surface area contributed by atoms with Gasteiger partial charge in [-0.15, -0.1) is 0 Å². The second-order valence-corrected chi connectivity index (χ2v) is 7.71. The summed E-state index contributed by atoms with van der Waals surface area (Å²) in [7, 11) is 0. The molecular formula is C18H20BrNO2. The Bertz CT molecular complexity index is 631. The molecule has 0 N–H and O–H groups in total. The van der Waals surface area contributed by atoms with Crippen LogP contribution >= 0.6 is 15.9 Å². The van der Waals surface area contributed by atoms with Crippen LogP contribution in [0.1, 0.15) is 30.4 Å². The van der Waals surface area contributed by atoms with Crippen LogP contribution in [-0.2, 0) is 16.0 Å². The molecule has 3 nitrogen and oxygen atoms in total. The zero-order chi connectivity index (χ0) is 15.2. The number of hydrogen-bond donors (Lipinski definition) is 0. The van der Waals surface area contributed by atoms with Crippen LogP contribution in [0.2, 0.25) is 0 Å². The van der Waals surface area contributed by atoms with Gasteiger partial charge in [0.1, 0.15) is 0 Å². The van der Waals surface area contributed by atoms with Crippen molar-refractivity contribution in [3.05, 3.63) is 39.9 Å². The fourth-order valence-electron chi connectivity index (χ4n) is 3.90. The first-order valence-corrected chi connectivity index (χ1v) is 8.83. The summed E-state index contributed by atoms with van der Waals surface area (Å²) in [5.74, 6) is -0.153. The molecule has 0 saturated carbocycles. The number of allylic oxidation sites excluding steroid dienone is 1. The quantitative estimate of drug-likeness (QED) is 0.772. The highest BCUT2D eigenvalue weighted by molar-refractivity contribution is 9.10. The van der Waals surface area contributed by atoms with Crippen molar-refractivity contribution in [3.63, 3.8) is 0 Å². The van der Waals surface area contributed by atoms with Crippen LogP contribution in [0.4, 0.5) is 0 Å². The van der Waals surface area contributed by atoms with E-state index in [0.717, 1.165) is 41.7 Å². The van der Waals surface area contributed by atoms with E-state index in [4.69, 9.17) is 4.74 Å². The molecule has 2 bridgehead atoms. The zero-order valence-electron chi connectivity index (χ0n) is 12.6. The first-order chi connectivity index (χ1) is 10.7. The minimum absolute atomic E-state index is 0.153. The van der Waals surface area contributed by atoms with Gasteiger partial charge in [0.05, 0.1) is 12.2 Å². The second kappa shape index (κ2) is 5.50. The highest BCUT2D eigenvalue weighted by Crippen LogP contribution is 2.40. The number of carbonyl (C=O) groups excluding carboxylic acids is 1. The van der Waals surface area contributed by atoms with E-state index in [1.54, 1.807) is 0 Å². The highest BCUT2D eigenvalue weighted by atomic mass is 79.9. The fraction of sp³-hybridized carbons (Fsp3) is 0.500. The Labute approximate surface area is 139 Å². The maximum absolute atomic E-state index is 12.5. The van der Waals surface area contributed by atoms with Gasteiger partial charge in [0.25, 0.3) is 0 Å². The second-order valence-electron chi connectivity index (χ2n) is 6.79. The molecule has 1 aliphatic carbocycles. The van der Waals surface area contributed by atoms with Gasteiger partial charge in [-0.05, 0) is 68.6 Å². The van der Waals surface area contributed by atoms with Crippen molar-refractivity contribution in [3.8, 4) is 0 Å². The first kappa shape index (κ1) is 14.5. The molecule has 0 spiro atoms. The molecule has 0 unspecified atom stereocenters. The van der Waals surface area contributed by atoms with Crippen molar-refractivity contribution in [2.45, 2.75) is 25.7 Å². The number of hydrogen-bond acceptors (Lipinski definition) is 3. The zero-order valence-corrected chi connectivity index (χ0v) is 14.2. The lowest BCUT2D eigenvalue weighted by molar-refractivity contribution is -0.143. The summed E-state index contributed by atoms with van der Waals surface area (Å²) in [6.07, 6.45) is 6.33. The molecule has 0 radical (unpaired) electrons. The van der Waals surface area contributed by atoms with Crippen LogP contribution in [0, 0.1) is 5.41 Å². The number of carbonyl (C=O) groups is 1. The van der Waals surface area contributed by atoms with E-state index in [-0.39, 0.29) is 11.4 Å². The number of halogens is 1. The number of benzene rings is 1. The summed E-state index contributed by atoms with van der Waals surface area (Å²) < 4.78 is 6.74. The van der Waals surface area contributed by atoms with Gasteiger partial charge in [0.2, 0.25) is 0 Å². The Balaban J connectivity index is 1.45. The summed E-state index contributed by atoms with van der Waals surface area (Å²) >= 11 is 3.48. The molecular weight excluding hydrogens is 342 g/mol. The summed E-state index contributed by atoms with van der Waals surface area (Å²) in [6, 6.07) is 6.12. The Morgan fingerprint density at radius 3 is 2.68 bits per heavy atom. The van der Waals surface area contributed by atoms with Gasteiger partial charge in [-0.1, -0.05) is 28.1 Å². The van der Waals surface area contributed by atoms with Gasteiger partial charge < -0.3 is 9.64 Å². The topological polar surface area (TPSA) is 29.5 Å². The van der Waals surface area contributed by atoms with Gasteiger partial charge in [0, 0.05) is 9.89 Å². The Morgan fingerprint density at radius 2 is 1.95 bits per heavy atom. The molecule has 1 aromatic rings. The van der Waals surface area contributed by atoms with Gasteiger partial charge in [-0.2, -0.15) is 0 Å². The van der Waals surface area contributed by atoms with Gasteiger partial charge in [-0.25, -0.2) is 4.79 Å². The normalized spacial score (nSPS) is 29.1. The molecule has 0 aromatic heterocycles. The van der Waals surface area contributed by atoms with E-state index in [2.05, 4.69) is 26.9 Å². The highest BCUT2D eigenvalue weighted by Gasteiger charge is 2.40. The number of fused-ring (bicyclic) bond motifs is 4. The predicted octanol–water partition coefficient (Wildman–Crippen LogP) is 3.42. The van der Waals surface area contributed by atoms with Gasteiger partial charge in [-0.3, -0.25) is 0 Å². The molecule has 3 heterocycles. The smallest absolute Gasteiger partial charge is 0.338 e. The monoisotopic (exact) mass is 361 g/mol. The van der Waals surface area contributed by atoms with Crippen LogP contribution in [-0.4, -0.2) is 37.1 Å². The average Bonchev–Trinajstić information content (AvgIpc) is 2.97. The third-order valence-corrected chi connectivity index (χ3v) is 5.99. The van der Waals surface area contributed by atoms with Crippen molar-refractivity contribution in [1.29, 1.82) is 0 Å². The maximum atomic E-state index is 12.5. The minimum Gasteiger partial charge on any atom is -0.461 e. The summed E-state index contributed by atoms with van der Waals surface area (Å²) in [5.41, 5.74) is 3.21. The Hall–Kier alpha value is -1.13.